The fourth-order valence-electron chi connectivity index (χ4n) is 2.92. The summed E-state index contributed by atoms with van der Waals surface area (Å²) in [5.41, 5.74) is 2.81. The molecular formula is C18H20N2O3S. The molecule has 6 heteroatoms. The molecule has 0 bridgehead atoms. The van der Waals surface area contributed by atoms with E-state index in [4.69, 9.17) is 0 Å². The van der Waals surface area contributed by atoms with Crippen LogP contribution in [0.4, 0.5) is 0 Å². The number of fused-ring (bicyclic) bond motifs is 1. The third-order valence-corrected chi connectivity index (χ3v) is 5.69. The van der Waals surface area contributed by atoms with Crippen LogP contribution in [0.3, 0.4) is 0 Å². The Morgan fingerprint density at radius 1 is 1.12 bits per heavy atom. The second kappa shape index (κ2) is 6.75. The summed E-state index contributed by atoms with van der Waals surface area (Å²) in [6.45, 7) is 3.22. The number of hydrogen-bond acceptors (Lipinski definition) is 3. The number of carbonyl (C=O) groups is 1. The van der Waals surface area contributed by atoms with Crippen LogP contribution in [-0.4, -0.2) is 32.3 Å². The van der Waals surface area contributed by atoms with Crippen LogP contribution >= 0.6 is 0 Å². The van der Waals surface area contributed by atoms with E-state index in [2.05, 4.69) is 10.8 Å². The third-order valence-electron chi connectivity index (χ3n) is 4.14. The third kappa shape index (κ3) is 3.34. The van der Waals surface area contributed by atoms with Crippen LogP contribution < -0.4 is 4.72 Å². The van der Waals surface area contributed by atoms with Gasteiger partial charge in [-0.2, -0.15) is 0 Å². The van der Waals surface area contributed by atoms with E-state index in [1.54, 1.807) is 24.0 Å². The summed E-state index contributed by atoms with van der Waals surface area (Å²) < 4.78 is 26.7. The van der Waals surface area contributed by atoms with Crippen molar-refractivity contribution in [2.24, 2.45) is 0 Å². The highest BCUT2D eigenvalue weighted by atomic mass is 32.2. The topological polar surface area (TPSA) is 66.5 Å². The van der Waals surface area contributed by atoms with Gasteiger partial charge in [0.1, 0.15) is 0 Å². The summed E-state index contributed by atoms with van der Waals surface area (Å²) in [5, 5.41) is 0. The van der Waals surface area contributed by atoms with Gasteiger partial charge in [-0.25, -0.2) is 13.1 Å². The van der Waals surface area contributed by atoms with Gasteiger partial charge >= 0.3 is 0 Å². The van der Waals surface area contributed by atoms with Crippen molar-refractivity contribution in [3.05, 3.63) is 65.2 Å². The van der Waals surface area contributed by atoms with Crippen LogP contribution in [0.15, 0.2) is 53.4 Å². The number of benzene rings is 2. The molecule has 1 aliphatic rings. The first-order valence-corrected chi connectivity index (χ1v) is 9.45. The van der Waals surface area contributed by atoms with Gasteiger partial charge in [0, 0.05) is 25.2 Å². The maximum atomic E-state index is 12.8. The van der Waals surface area contributed by atoms with E-state index < -0.39 is 10.0 Å². The van der Waals surface area contributed by atoms with Gasteiger partial charge in [0.05, 0.1) is 4.90 Å². The Morgan fingerprint density at radius 2 is 1.88 bits per heavy atom. The minimum Gasteiger partial charge on any atom is -0.334 e. The Hall–Kier alpha value is -2.18. The van der Waals surface area contributed by atoms with Gasteiger partial charge in [-0.1, -0.05) is 37.3 Å². The molecule has 0 aliphatic carbocycles. The van der Waals surface area contributed by atoms with E-state index >= 15 is 0 Å². The zero-order chi connectivity index (χ0) is 17.2. The molecule has 3 rings (SSSR count). The van der Waals surface area contributed by atoms with Crippen molar-refractivity contribution in [2.75, 3.05) is 13.1 Å². The second-order valence-corrected chi connectivity index (χ2v) is 7.54. The van der Waals surface area contributed by atoms with Crippen LogP contribution in [0.1, 0.15) is 28.4 Å². The molecular weight excluding hydrogens is 324 g/mol. The lowest BCUT2D eigenvalue weighted by Gasteiger charge is -2.29. The average Bonchev–Trinajstić information content (AvgIpc) is 2.61. The lowest BCUT2D eigenvalue weighted by molar-refractivity contribution is 0.0734. The lowest BCUT2D eigenvalue weighted by Crippen LogP contribution is -2.36. The summed E-state index contributed by atoms with van der Waals surface area (Å²) in [7, 11) is -3.57. The van der Waals surface area contributed by atoms with Crippen LogP contribution in [0.2, 0.25) is 0 Å². The largest absolute Gasteiger partial charge is 0.334 e. The van der Waals surface area contributed by atoms with E-state index in [-0.39, 0.29) is 10.8 Å². The van der Waals surface area contributed by atoms with E-state index in [0.717, 1.165) is 12.0 Å². The summed E-state index contributed by atoms with van der Waals surface area (Å²) in [4.78, 5) is 14.6. The molecule has 0 fully saturated rings. The zero-order valence-electron chi connectivity index (χ0n) is 13.5. The van der Waals surface area contributed by atoms with Gasteiger partial charge < -0.3 is 4.90 Å². The van der Waals surface area contributed by atoms with E-state index in [0.29, 0.717) is 25.2 Å². The second-order valence-electron chi connectivity index (χ2n) is 5.77. The number of amides is 1. The number of rotatable bonds is 4. The summed E-state index contributed by atoms with van der Waals surface area (Å²) >= 11 is 0. The maximum Gasteiger partial charge on any atom is 0.254 e. The number of nitrogens with one attached hydrogen (secondary N) is 1. The highest BCUT2D eigenvalue weighted by Crippen LogP contribution is 2.21. The molecule has 0 aromatic heterocycles. The fourth-order valence-corrected chi connectivity index (χ4v) is 4.01. The van der Waals surface area contributed by atoms with Crippen molar-refractivity contribution in [3.8, 4) is 0 Å². The molecule has 0 saturated heterocycles. The van der Waals surface area contributed by atoms with Crippen LogP contribution in [0.25, 0.3) is 0 Å². The van der Waals surface area contributed by atoms with Crippen LogP contribution in [-0.2, 0) is 23.0 Å². The molecule has 126 valence electrons. The van der Waals surface area contributed by atoms with Gasteiger partial charge in [-0.05, 0) is 35.7 Å². The molecule has 1 N–H and O–H groups in total. The number of sulfonamides is 1. The van der Waals surface area contributed by atoms with Gasteiger partial charge in [-0.3, -0.25) is 4.79 Å². The number of nitrogens with zero attached hydrogens (tertiary/aromatic N) is 1. The van der Waals surface area contributed by atoms with E-state index in [1.165, 1.54) is 17.7 Å². The lowest BCUT2D eigenvalue weighted by atomic mass is 9.99. The van der Waals surface area contributed by atoms with Gasteiger partial charge in [0.15, 0.2) is 0 Å². The first-order valence-electron chi connectivity index (χ1n) is 7.97. The minimum absolute atomic E-state index is 0.118. The Bertz CT molecular complexity index is 862. The Morgan fingerprint density at radius 3 is 2.62 bits per heavy atom. The monoisotopic (exact) mass is 344 g/mol. The van der Waals surface area contributed by atoms with Gasteiger partial charge in [0.2, 0.25) is 10.0 Å². The van der Waals surface area contributed by atoms with Crippen LogP contribution in [0.5, 0.6) is 0 Å². The van der Waals surface area contributed by atoms with E-state index in [1.807, 2.05) is 18.2 Å². The molecule has 1 aliphatic heterocycles. The minimum atomic E-state index is -3.57. The van der Waals surface area contributed by atoms with Gasteiger partial charge in [-0.15, -0.1) is 0 Å². The summed E-state index contributed by atoms with van der Waals surface area (Å²) in [6.07, 6.45) is 0.817. The predicted octanol–water partition coefficient (Wildman–Crippen LogP) is 2.18. The van der Waals surface area contributed by atoms with Crippen molar-refractivity contribution in [3.63, 3.8) is 0 Å². The van der Waals surface area contributed by atoms with Crippen molar-refractivity contribution in [1.29, 1.82) is 0 Å². The van der Waals surface area contributed by atoms with Crippen molar-refractivity contribution in [2.45, 2.75) is 24.8 Å². The van der Waals surface area contributed by atoms with E-state index in [9.17, 15) is 13.2 Å². The predicted molar refractivity (Wildman–Crippen MR) is 92.2 cm³/mol. The quantitative estimate of drug-likeness (QED) is 0.924. The summed E-state index contributed by atoms with van der Waals surface area (Å²) in [5.74, 6) is -0.141. The van der Waals surface area contributed by atoms with Crippen molar-refractivity contribution in [1.82, 2.24) is 9.62 Å². The maximum absolute atomic E-state index is 12.8. The highest BCUT2D eigenvalue weighted by molar-refractivity contribution is 7.89. The normalized spacial score (nSPS) is 14.3. The smallest absolute Gasteiger partial charge is 0.254 e. The molecule has 0 unspecified atom stereocenters. The molecule has 0 saturated carbocycles. The molecule has 1 heterocycles. The fraction of sp³-hybridized carbons (Fsp3) is 0.278. The van der Waals surface area contributed by atoms with Crippen LogP contribution in [0, 0.1) is 0 Å². The Kier molecular flexibility index (Phi) is 4.69. The highest BCUT2D eigenvalue weighted by Gasteiger charge is 2.23. The molecule has 24 heavy (non-hydrogen) atoms. The first kappa shape index (κ1) is 16.7. The number of carbonyl (C=O) groups excluding carboxylic acids is 1. The Balaban J connectivity index is 1.84. The molecule has 2 aromatic carbocycles. The molecule has 0 radical (unpaired) electrons. The van der Waals surface area contributed by atoms with Crippen molar-refractivity contribution < 1.29 is 13.2 Å². The molecule has 2 aromatic rings. The van der Waals surface area contributed by atoms with Gasteiger partial charge in [0.25, 0.3) is 5.91 Å². The molecule has 1 amide bonds. The molecule has 0 atom stereocenters. The summed E-state index contributed by atoms with van der Waals surface area (Å²) in [6, 6.07) is 14.3. The standard InChI is InChI=1S/C18H20N2O3S/c1-2-19-24(22,23)17-9-5-8-15(12-17)18(21)20-11-10-14-6-3-4-7-16(14)13-20/h3-9,12,19H,2,10-11,13H2,1H3. The van der Waals surface area contributed by atoms with Crippen molar-refractivity contribution >= 4 is 15.9 Å². The number of hydrogen-bond donors (Lipinski definition) is 1. The Labute approximate surface area is 142 Å². The molecule has 0 spiro atoms. The zero-order valence-corrected chi connectivity index (χ0v) is 14.3. The molecule has 5 nitrogen and oxygen atoms in total. The first-order chi connectivity index (χ1) is 11.5. The average molecular weight is 344 g/mol. The SMILES string of the molecule is CCNS(=O)(=O)c1cccc(C(=O)N2CCc3ccccc3C2)c1.